The molecule has 124 valence electrons. The smallest absolute Gasteiger partial charge is 0.139 e. The van der Waals surface area contributed by atoms with Crippen LogP contribution in [0.15, 0.2) is 36.5 Å². The van der Waals surface area contributed by atoms with Crippen LogP contribution >= 0.6 is 11.6 Å². The monoisotopic (exact) mass is 343 g/mol. The third-order valence-corrected chi connectivity index (χ3v) is 5.06. The molecule has 2 aromatic heterocycles. The number of hydrogen-bond acceptors (Lipinski definition) is 2. The van der Waals surface area contributed by atoms with Crippen molar-refractivity contribution in [1.82, 2.24) is 9.38 Å². The minimum atomic E-state index is -0.305. The van der Waals surface area contributed by atoms with Gasteiger partial charge in [0.1, 0.15) is 23.0 Å². The van der Waals surface area contributed by atoms with Gasteiger partial charge >= 0.3 is 0 Å². The number of imidazole rings is 1. The first kappa shape index (κ1) is 15.5. The van der Waals surface area contributed by atoms with Gasteiger partial charge in [0.25, 0.3) is 0 Å². The molecule has 0 aliphatic heterocycles. The third-order valence-electron chi connectivity index (χ3n) is 4.75. The number of pyridine rings is 1. The van der Waals surface area contributed by atoms with Crippen molar-refractivity contribution >= 4 is 23.1 Å². The van der Waals surface area contributed by atoms with Crippen LogP contribution in [-0.4, -0.2) is 15.4 Å². The van der Waals surface area contributed by atoms with Crippen LogP contribution in [0, 0.1) is 12.7 Å². The lowest BCUT2D eigenvalue weighted by Crippen LogP contribution is -2.16. The van der Waals surface area contributed by atoms with Crippen molar-refractivity contribution in [2.24, 2.45) is 0 Å². The normalized spacial score (nSPS) is 15.3. The highest BCUT2D eigenvalue weighted by Crippen LogP contribution is 2.38. The molecule has 1 aliphatic carbocycles. The maximum Gasteiger partial charge on any atom is 0.139 e. The maximum atomic E-state index is 14.8. The second kappa shape index (κ2) is 6.10. The zero-order chi connectivity index (χ0) is 16.7. The molecule has 0 amide bonds. The molecule has 4 rings (SSSR count). The second-order valence-corrected chi connectivity index (χ2v) is 6.82. The van der Waals surface area contributed by atoms with E-state index in [0.29, 0.717) is 27.9 Å². The molecule has 0 unspecified atom stereocenters. The van der Waals surface area contributed by atoms with Gasteiger partial charge in [0.05, 0.1) is 10.6 Å². The molecule has 0 atom stereocenters. The maximum absolute atomic E-state index is 14.8. The fourth-order valence-electron chi connectivity index (χ4n) is 3.45. The first-order chi connectivity index (χ1) is 11.6. The van der Waals surface area contributed by atoms with Gasteiger partial charge in [0.15, 0.2) is 0 Å². The molecule has 0 radical (unpaired) electrons. The second-order valence-electron chi connectivity index (χ2n) is 6.42. The molecule has 2 heterocycles. The quantitative estimate of drug-likeness (QED) is 0.684. The largest absolute Gasteiger partial charge is 0.367 e. The van der Waals surface area contributed by atoms with Gasteiger partial charge in [-0.1, -0.05) is 36.6 Å². The van der Waals surface area contributed by atoms with Gasteiger partial charge in [0, 0.05) is 12.2 Å². The molecule has 3 nitrogen and oxygen atoms in total. The molecule has 1 saturated carbocycles. The minimum Gasteiger partial charge on any atom is -0.367 e. The highest BCUT2D eigenvalue weighted by molar-refractivity contribution is 6.33. The van der Waals surface area contributed by atoms with E-state index in [4.69, 9.17) is 11.6 Å². The highest BCUT2D eigenvalue weighted by Gasteiger charge is 2.24. The first-order valence-corrected chi connectivity index (χ1v) is 8.71. The van der Waals surface area contributed by atoms with Gasteiger partial charge in [-0.05, 0) is 43.5 Å². The van der Waals surface area contributed by atoms with Gasteiger partial charge in [-0.25, -0.2) is 9.37 Å². The van der Waals surface area contributed by atoms with Crippen molar-refractivity contribution in [1.29, 1.82) is 0 Å². The van der Waals surface area contributed by atoms with Gasteiger partial charge in [-0.3, -0.25) is 4.40 Å². The summed E-state index contributed by atoms with van der Waals surface area (Å²) in [4.78, 5) is 4.66. The van der Waals surface area contributed by atoms with Gasteiger partial charge < -0.3 is 5.32 Å². The summed E-state index contributed by atoms with van der Waals surface area (Å²) in [6.07, 6.45) is 6.66. The van der Waals surface area contributed by atoms with Gasteiger partial charge in [0.2, 0.25) is 0 Å². The summed E-state index contributed by atoms with van der Waals surface area (Å²) in [7, 11) is 0. The lowest BCUT2D eigenvalue weighted by Gasteiger charge is -2.15. The lowest BCUT2D eigenvalue weighted by molar-refractivity contribution is 0.621. The van der Waals surface area contributed by atoms with Gasteiger partial charge in [-0.15, -0.1) is 0 Å². The van der Waals surface area contributed by atoms with Crippen LogP contribution in [0.5, 0.6) is 0 Å². The van der Waals surface area contributed by atoms with E-state index >= 15 is 0 Å². The van der Waals surface area contributed by atoms with Crippen LogP contribution < -0.4 is 5.32 Å². The lowest BCUT2D eigenvalue weighted by atomic mass is 10.1. The minimum absolute atomic E-state index is 0.305. The average molecular weight is 344 g/mol. The molecular weight excluding hydrogens is 325 g/mol. The third kappa shape index (κ3) is 2.55. The SMILES string of the molecule is Cc1ccc(Cl)c(-c2nc3ccccn3c2NC2CCCC2)c1F. The molecule has 1 fully saturated rings. The van der Waals surface area contributed by atoms with E-state index in [1.165, 1.54) is 12.8 Å². The Bertz CT molecular complexity index is 897. The number of rotatable bonds is 3. The number of halogens is 2. The van der Waals surface area contributed by atoms with Gasteiger partial charge in [-0.2, -0.15) is 0 Å². The molecule has 1 aromatic carbocycles. The number of anilines is 1. The summed E-state index contributed by atoms with van der Waals surface area (Å²) in [5.41, 5.74) is 2.31. The van der Waals surface area contributed by atoms with E-state index < -0.39 is 0 Å². The van der Waals surface area contributed by atoms with E-state index in [-0.39, 0.29) is 5.82 Å². The summed E-state index contributed by atoms with van der Waals surface area (Å²) in [6, 6.07) is 9.63. The number of fused-ring (bicyclic) bond motifs is 1. The van der Waals surface area contributed by atoms with Crippen molar-refractivity contribution in [2.75, 3.05) is 5.32 Å². The highest BCUT2D eigenvalue weighted by atomic mass is 35.5. The molecule has 3 aromatic rings. The predicted molar refractivity (Wildman–Crippen MR) is 96.2 cm³/mol. The van der Waals surface area contributed by atoms with Crippen molar-refractivity contribution in [2.45, 2.75) is 38.6 Å². The Hall–Kier alpha value is -2.07. The molecule has 0 bridgehead atoms. The molecule has 0 saturated heterocycles. The molecule has 5 heteroatoms. The molecular formula is C19H19ClFN3. The Labute approximate surface area is 145 Å². The van der Waals surface area contributed by atoms with Crippen LogP contribution in [0.25, 0.3) is 16.9 Å². The molecule has 1 aliphatic rings. The molecule has 1 N–H and O–H groups in total. The Balaban J connectivity index is 1.93. The number of aromatic nitrogens is 2. The fraction of sp³-hybridized carbons (Fsp3) is 0.316. The summed E-state index contributed by atoms with van der Waals surface area (Å²) in [5, 5.41) is 3.97. The number of benzene rings is 1. The summed E-state index contributed by atoms with van der Waals surface area (Å²) >= 11 is 6.34. The van der Waals surface area contributed by atoms with Crippen LogP contribution in [0.1, 0.15) is 31.2 Å². The number of nitrogens with zero attached hydrogens (tertiary/aromatic N) is 2. The van der Waals surface area contributed by atoms with E-state index in [1.807, 2.05) is 28.8 Å². The van der Waals surface area contributed by atoms with E-state index in [0.717, 1.165) is 24.3 Å². The Morgan fingerprint density at radius 1 is 1.21 bits per heavy atom. The Morgan fingerprint density at radius 2 is 2.00 bits per heavy atom. The summed E-state index contributed by atoms with van der Waals surface area (Å²) < 4.78 is 16.8. The average Bonchev–Trinajstić information content (AvgIpc) is 3.21. The van der Waals surface area contributed by atoms with Crippen molar-refractivity contribution in [3.63, 3.8) is 0 Å². The number of nitrogens with one attached hydrogen (secondary N) is 1. The molecule has 24 heavy (non-hydrogen) atoms. The van der Waals surface area contributed by atoms with Crippen molar-refractivity contribution in [3.05, 3.63) is 52.9 Å². The molecule has 0 spiro atoms. The van der Waals surface area contributed by atoms with Crippen LogP contribution in [0.3, 0.4) is 0 Å². The predicted octanol–water partition coefficient (Wildman–Crippen LogP) is 5.46. The van der Waals surface area contributed by atoms with E-state index in [2.05, 4.69) is 10.3 Å². The van der Waals surface area contributed by atoms with E-state index in [1.54, 1.807) is 19.1 Å². The Kier molecular flexibility index (Phi) is 3.93. The standard InChI is InChI=1S/C19H19ClFN3/c1-12-9-10-14(20)16(17(12)21)18-19(22-13-6-2-3-7-13)24-11-5-4-8-15(24)23-18/h4-5,8-11,13,22H,2-3,6-7H2,1H3. The first-order valence-electron chi connectivity index (χ1n) is 8.34. The van der Waals surface area contributed by atoms with Crippen LogP contribution in [0.2, 0.25) is 5.02 Å². The van der Waals surface area contributed by atoms with E-state index in [9.17, 15) is 4.39 Å². The number of aryl methyl sites for hydroxylation is 1. The zero-order valence-corrected chi connectivity index (χ0v) is 14.3. The zero-order valence-electron chi connectivity index (χ0n) is 13.5. The van der Waals surface area contributed by atoms with Crippen LogP contribution in [-0.2, 0) is 0 Å². The summed E-state index contributed by atoms with van der Waals surface area (Å²) in [6.45, 7) is 1.75. The topological polar surface area (TPSA) is 29.3 Å². The fourth-order valence-corrected chi connectivity index (χ4v) is 3.68. The number of hydrogen-bond donors (Lipinski definition) is 1. The summed E-state index contributed by atoms with van der Waals surface area (Å²) in [5.74, 6) is 0.518. The Morgan fingerprint density at radius 3 is 2.79 bits per heavy atom. The van der Waals surface area contributed by atoms with Crippen molar-refractivity contribution < 1.29 is 4.39 Å². The van der Waals surface area contributed by atoms with Crippen molar-refractivity contribution in [3.8, 4) is 11.3 Å². The van der Waals surface area contributed by atoms with Crippen LogP contribution in [0.4, 0.5) is 10.2 Å².